The van der Waals surface area contributed by atoms with E-state index in [4.69, 9.17) is 10.9 Å². The SMILES string of the molecule is CCc1ccc(NCc2ccccc2C(N)=NO)cc1. The molecule has 0 fully saturated rings. The summed E-state index contributed by atoms with van der Waals surface area (Å²) in [4.78, 5) is 0. The number of aryl methyl sites for hydroxylation is 1. The predicted octanol–water partition coefficient (Wildman–Crippen LogP) is 2.96. The zero-order valence-electron chi connectivity index (χ0n) is 11.5. The molecule has 2 aromatic carbocycles. The second-order valence-corrected chi connectivity index (χ2v) is 4.55. The molecule has 0 aromatic heterocycles. The number of nitrogens with one attached hydrogen (secondary N) is 1. The summed E-state index contributed by atoms with van der Waals surface area (Å²) >= 11 is 0. The molecule has 0 bridgehead atoms. The van der Waals surface area contributed by atoms with E-state index in [1.807, 2.05) is 24.3 Å². The number of anilines is 1. The van der Waals surface area contributed by atoms with E-state index < -0.39 is 0 Å². The van der Waals surface area contributed by atoms with Gasteiger partial charge in [0.1, 0.15) is 0 Å². The Hall–Kier alpha value is -2.49. The highest BCUT2D eigenvalue weighted by molar-refractivity contribution is 5.98. The van der Waals surface area contributed by atoms with Gasteiger partial charge in [-0.1, -0.05) is 48.5 Å². The minimum absolute atomic E-state index is 0.128. The first-order valence-electron chi connectivity index (χ1n) is 6.63. The number of amidine groups is 1. The highest BCUT2D eigenvalue weighted by Crippen LogP contribution is 2.14. The van der Waals surface area contributed by atoms with Gasteiger partial charge < -0.3 is 16.3 Å². The van der Waals surface area contributed by atoms with E-state index in [2.05, 4.69) is 41.7 Å². The molecule has 0 atom stereocenters. The molecule has 0 aliphatic carbocycles. The lowest BCUT2D eigenvalue weighted by atomic mass is 10.1. The molecule has 4 heteroatoms. The molecule has 0 heterocycles. The van der Waals surface area contributed by atoms with Crippen LogP contribution in [0.5, 0.6) is 0 Å². The van der Waals surface area contributed by atoms with Crippen LogP contribution in [0.2, 0.25) is 0 Å². The molecule has 0 aliphatic heterocycles. The van der Waals surface area contributed by atoms with Crippen LogP contribution < -0.4 is 11.1 Å². The fraction of sp³-hybridized carbons (Fsp3) is 0.188. The van der Waals surface area contributed by atoms with Crippen LogP contribution in [0.4, 0.5) is 5.69 Å². The van der Waals surface area contributed by atoms with E-state index in [1.54, 1.807) is 0 Å². The molecule has 0 saturated heterocycles. The van der Waals surface area contributed by atoms with Crippen LogP contribution in [0, 0.1) is 0 Å². The van der Waals surface area contributed by atoms with Gasteiger partial charge in [0.15, 0.2) is 5.84 Å². The van der Waals surface area contributed by atoms with E-state index in [0.29, 0.717) is 6.54 Å². The average Bonchev–Trinajstić information content (AvgIpc) is 2.53. The Morgan fingerprint density at radius 1 is 1.15 bits per heavy atom. The number of hydrogen-bond donors (Lipinski definition) is 3. The van der Waals surface area contributed by atoms with Gasteiger partial charge in [0.2, 0.25) is 0 Å². The zero-order chi connectivity index (χ0) is 14.4. The summed E-state index contributed by atoms with van der Waals surface area (Å²) < 4.78 is 0. The summed E-state index contributed by atoms with van der Waals surface area (Å²) in [5.74, 6) is 0.128. The fourth-order valence-electron chi connectivity index (χ4n) is 2.03. The van der Waals surface area contributed by atoms with Crippen molar-refractivity contribution in [3.05, 3.63) is 65.2 Å². The van der Waals surface area contributed by atoms with Crippen LogP contribution in [0.15, 0.2) is 53.7 Å². The van der Waals surface area contributed by atoms with Gasteiger partial charge in [0.25, 0.3) is 0 Å². The molecule has 0 spiro atoms. The Morgan fingerprint density at radius 3 is 2.50 bits per heavy atom. The van der Waals surface area contributed by atoms with Gasteiger partial charge in [-0.15, -0.1) is 0 Å². The maximum atomic E-state index is 8.80. The smallest absolute Gasteiger partial charge is 0.170 e. The van der Waals surface area contributed by atoms with Gasteiger partial charge in [-0.2, -0.15) is 0 Å². The summed E-state index contributed by atoms with van der Waals surface area (Å²) in [6.45, 7) is 2.76. The van der Waals surface area contributed by atoms with E-state index >= 15 is 0 Å². The first-order valence-corrected chi connectivity index (χ1v) is 6.63. The standard InChI is InChI=1S/C16H19N3O/c1-2-12-7-9-14(10-8-12)18-11-13-5-3-4-6-15(13)16(17)19-20/h3-10,18,20H,2,11H2,1H3,(H2,17,19). The highest BCUT2D eigenvalue weighted by Gasteiger charge is 2.05. The maximum absolute atomic E-state index is 8.80. The Labute approximate surface area is 118 Å². The molecular formula is C16H19N3O. The zero-order valence-corrected chi connectivity index (χ0v) is 11.5. The van der Waals surface area contributed by atoms with Crippen molar-refractivity contribution in [3.8, 4) is 0 Å². The summed E-state index contributed by atoms with van der Waals surface area (Å²) in [6, 6.07) is 15.9. The van der Waals surface area contributed by atoms with Gasteiger partial charge in [0.05, 0.1) is 0 Å². The first-order chi connectivity index (χ1) is 9.74. The highest BCUT2D eigenvalue weighted by atomic mass is 16.4. The second-order valence-electron chi connectivity index (χ2n) is 4.55. The molecule has 0 unspecified atom stereocenters. The molecule has 0 radical (unpaired) electrons. The minimum atomic E-state index is 0.128. The monoisotopic (exact) mass is 269 g/mol. The van der Waals surface area contributed by atoms with Crippen LogP contribution in [0.25, 0.3) is 0 Å². The lowest BCUT2D eigenvalue weighted by molar-refractivity contribution is 0.318. The van der Waals surface area contributed by atoms with Crippen molar-refractivity contribution in [3.63, 3.8) is 0 Å². The number of nitrogens with zero attached hydrogens (tertiary/aromatic N) is 1. The normalized spacial score (nSPS) is 11.3. The lowest BCUT2D eigenvalue weighted by Crippen LogP contribution is -2.16. The Kier molecular flexibility index (Phi) is 4.60. The summed E-state index contributed by atoms with van der Waals surface area (Å²) in [5.41, 5.74) is 9.77. The van der Waals surface area contributed by atoms with Gasteiger partial charge in [-0.05, 0) is 29.7 Å². The fourth-order valence-corrected chi connectivity index (χ4v) is 2.03. The summed E-state index contributed by atoms with van der Waals surface area (Å²) in [5, 5.41) is 15.2. The molecule has 104 valence electrons. The van der Waals surface area contributed by atoms with Crippen molar-refractivity contribution >= 4 is 11.5 Å². The second kappa shape index (κ2) is 6.61. The van der Waals surface area contributed by atoms with Gasteiger partial charge in [0, 0.05) is 17.8 Å². The van der Waals surface area contributed by atoms with Gasteiger partial charge in [-0.3, -0.25) is 0 Å². The number of benzene rings is 2. The molecule has 0 amide bonds. The molecular weight excluding hydrogens is 250 g/mol. The number of hydrogen-bond acceptors (Lipinski definition) is 3. The van der Waals surface area contributed by atoms with Crippen molar-refractivity contribution in [1.29, 1.82) is 0 Å². The number of oxime groups is 1. The van der Waals surface area contributed by atoms with Crippen molar-refractivity contribution in [2.75, 3.05) is 5.32 Å². The summed E-state index contributed by atoms with van der Waals surface area (Å²) in [7, 11) is 0. The topological polar surface area (TPSA) is 70.6 Å². The van der Waals surface area contributed by atoms with Crippen LogP contribution in [-0.4, -0.2) is 11.0 Å². The first kappa shape index (κ1) is 13.9. The van der Waals surface area contributed by atoms with E-state index in [1.165, 1.54) is 5.56 Å². The average molecular weight is 269 g/mol. The van der Waals surface area contributed by atoms with Crippen LogP contribution in [0.1, 0.15) is 23.6 Å². The van der Waals surface area contributed by atoms with Crippen molar-refractivity contribution in [2.24, 2.45) is 10.9 Å². The molecule has 4 N–H and O–H groups in total. The Morgan fingerprint density at radius 2 is 1.85 bits per heavy atom. The molecule has 0 aliphatic rings. The van der Waals surface area contributed by atoms with Gasteiger partial charge >= 0.3 is 0 Å². The third-order valence-electron chi connectivity index (χ3n) is 3.25. The third kappa shape index (κ3) is 3.29. The molecule has 2 aromatic rings. The largest absolute Gasteiger partial charge is 0.409 e. The predicted molar refractivity (Wildman–Crippen MR) is 82.1 cm³/mol. The quantitative estimate of drug-likeness (QED) is 0.338. The number of nitrogens with two attached hydrogens (primary N) is 1. The Balaban J connectivity index is 2.10. The molecule has 0 saturated carbocycles. The van der Waals surface area contributed by atoms with Crippen molar-refractivity contribution < 1.29 is 5.21 Å². The van der Waals surface area contributed by atoms with Crippen molar-refractivity contribution in [2.45, 2.75) is 19.9 Å². The minimum Gasteiger partial charge on any atom is -0.409 e. The van der Waals surface area contributed by atoms with Crippen LogP contribution in [0.3, 0.4) is 0 Å². The van der Waals surface area contributed by atoms with E-state index in [0.717, 1.165) is 23.2 Å². The van der Waals surface area contributed by atoms with Crippen molar-refractivity contribution in [1.82, 2.24) is 0 Å². The summed E-state index contributed by atoms with van der Waals surface area (Å²) in [6.07, 6.45) is 1.03. The number of rotatable bonds is 5. The van der Waals surface area contributed by atoms with E-state index in [-0.39, 0.29) is 5.84 Å². The van der Waals surface area contributed by atoms with E-state index in [9.17, 15) is 0 Å². The maximum Gasteiger partial charge on any atom is 0.170 e. The Bertz CT molecular complexity index is 591. The molecule has 2 rings (SSSR count). The third-order valence-corrected chi connectivity index (χ3v) is 3.25. The van der Waals surface area contributed by atoms with Crippen LogP contribution in [-0.2, 0) is 13.0 Å². The van der Waals surface area contributed by atoms with Crippen LogP contribution >= 0.6 is 0 Å². The van der Waals surface area contributed by atoms with Gasteiger partial charge in [-0.25, -0.2) is 0 Å². The molecule has 20 heavy (non-hydrogen) atoms. The molecule has 4 nitrogen and oxygen atoms in total. The lowest BCUT2D eigenvalue weighted by Gasteiger charge is -2.11.